The van der Waals surface area contributed by atoms with E-state index in [4.69, 9.17) is 0 Å². The highest BCUT2D eigenvalue weighted by molar-refractivity contribution is 7.12. The van der Waals surface area contributed by atoms with Crippen LogP contribution in [0.15, 0.2) is 41.8 Å². The van der Waals surface area contributed by atoms with Crippen LogP contribution in [0.1, 0.15) is 35.4 Å². The van der Waals surface area contributed by atoms with Crippen LogP contribution in [0.4, 0.5) is 16.2 Å². The Morgan fingerprint density at radius 1 is 1.00 bits per heavy atom. The van der Waals surface area contributed by atoms with Crippen molar-refractivity contribution in [1.29, 1.82) is 0 Å². The minimum absolute atomic E-state index is 0.0881. The normalized spacial score (nSPS) is 19.9. The highest BCUT2D eigenvalue weighted by Gasteiger charge is 2.20. The molecule has 1 aliphatic carbocycles. The van der Waals surface area contributed by atoms with Gasteiger partial charge in [0.05, 0.1) is 11.0 Å². The molecule has 0 atom stereocenters. The summed E-state index contributed by atoms with van der Waals surface area (Å²) < 4.78 is 0. The Hall–Kier alpha value is -2.38. The summed E-state index contributed by atoms with van der Waals surface area (Å²) in [6.45, 7) is 0. The van der Waals surface area contributed by atoms with Crippen LogP contribution in [0.3, 0.4) is 0 Å². The molecule has 7 heteroatoms. The third-order valence-corrected chi connectivity index (χ3v) is 5.02. The molecule has 0 aliphatic heterocycles. The second-order valence-electron chi connectivity index (χ2n) is 6.12. The molecule has 1 fully saturated rings. The van der Waals surface area contributed by atoms with Gasteiger partial charge in [-0.3, -0.25) is 4.79 Å². The van der Waals surface area contributed by atoms with E-state index in [-0.39, 0.29) is 24.1 Å². The van der Waals surface area contributed by atoms with Crippen molar-refractivity contribution in [3.05, 3.63) is 46.7 Å². The number of amides is 3. The van der Waals surface area contributed by atoms with Crippen molar-refractivity contribution in [2.75, 3.05) is 10.6 Å². The predicted octanol–water partition coefficient (Wildman–Crippen LogP) is 3.43. The molecule has 0 radical (unpaired) electrons. The van der Waals surface area contributed by atoms with Gasteiger partial charge in [0.25, 0.3) is 5.91 Å². The molecule has 0 bridgehead atoms. The Labute approximate surface area is 150 Å². The lowest BCUT2D eigenvalue weighted by molar-refractivity contribution is 0.103. The summed E-state index contributed by atoms with van der Waals surface area (Å²) in [5.74, 6) is -0.169. The van der Waals surface area contributed by atoms with E-state index in [0.29, 0.717) is 16.3 Å². The van der Waals surface area contributed by atoms with Crippen molar-refractivity contribution in [2.24, 2.45) is 0 Å². The smallest absolute Gasteiger partial charge is 0.319 e. The summed E-state index contributed by atoms with van der Waals surface area (Å²) in [5, 5.41) is 19.9. The highest BCUT2D eigenvalue weighted by atomic mass is 32.1. The van der Waals surface area contributed by atoms with Crippen molar-refractivity contribution in [3.63, 3.8) is 0 Å². The van der Waals surface area contributed by atoms with Crippen molar-refractivity contribution in [3.8, 4) is 0 Å². The number of anilines is 2. The van der Waals surface area contributed by atoms with Crippen LogP contribution >= 0.6 is 11.3 Å². The van der Waals surface area contributed by atoms with E-state index in [1.165, 1.54) is 11.3 Å². The summed E-state index contributed by atoms with van der Waals surface area (Å²) >= 11 is 1.38. The fourth-order valence-electron chi connectivity index (χ4n) is 2.85. The van der Waals surface area contributed by atoms with E-state index >= 15 is 0 Å². The average molecular weight is 359 g/mol. The molecule has 1 heterocycles. The van der Waals surface area contributed by atoms with E-state index in [1.54, 1.807) is 30.3 Å². The van der Waals surface area contributed by atoms with Crippen LogP contribution in [0.5, 0.6) is 0 Å². The molecule has 0 saturated heterocycles. The first kappa shape index (κ1) is 17.4. The molecule has 1 aliphatic rings. The number of aliphatic hydroxyl groups excluding tert-OH is 1. The number of nitrogens with one attached hydrogen (secondary N) is 3. The minimum Gasteiger partial charge on any atom is -0.393 e. The molecule has 1 saturated carbocycles. The first-order valence-electron chi connectivity index (χ1n) is 8.30. The van der Waals surface area contributed by atoms with Crippen LogP contribution < -0.4 is 16.0 Å². The molecular formula is C18H21N3O3S. The van der Waals surface area contributed by atoms with Crippen LogP contribution in [-0.4, -0.2) is 29.2 Å². The molecular weight excluding hydrogens is 338 g/mol. The number of rotatable bonds is 4. The lowest BCUT2D eigenvalue weighted by atomic mass is 9.93. The fraction of sp³-hybridized carbons (Fsp3) is 0.333. The Morgan fingerprint density at radius 2 is 1.72 bits per heavy atom. The largest absolute Gasteiger partial charge is 0.393 e. The first-order valence-corrected chi connectivity index (χ1v) is 9.18. The first-order chi connectivity index (χ1) is 12.1. The topological polar surface area (TPSA) is 90.5 Å². The van der Waals surface area contributed by atoms with E-state index in [2.05, 4.69) is 16.0 Å². The van der Waals surface area contributed by atoms with Gasteiger partial charge < -0.3 is 21.1 Å². The van der Waals surface area contributed by atoms with Crippen molar-refractivity contribution >= 4 is 34.6 Å². The number of thiophene rings is 1. The SMILES string of the molecule is O=C(Nc1cccc(NC(=O)c2cccs2)c1)NC1CCC(O)CC1. The quantitative estimate of drug-likeness (QED) is 0.674. The maximum absolute atomic E-state index is 12.1. The summed E-state index contributed by atoms with van der Waals surface area (Å²) in [4.78, 5) is 24.8. The van der Waals surface area contributed by atoms with Gasteiger partial charge in [0.15, 0.2) is 0 Å². The van der Waals surface area contributed by atoms with E-state index in [9.17, 15) is 14.7 Å². The molecule has 4 N–H and O–H groups in total. The summed E-state index contributed by atoms with van der Waals surface area (Å²) in [6, 6.07) is 10.4. The number of aliphatic hydroxyl groups is 1. The molecule has 0 unspecified atom stereocenters. The number of urea groups is 1. The molecule has 1 aromatic heterocycles. The van der Waals surface area contributed by atoms with Gasteiger partial charge in [-0.25, -0.2) is 4.79 Å². The number of carbonyl (C=O) groups excluding carboxylic acids is 2. The number of carbonyl (C=O) groups is 2. The lowest BCUT2D eigenvalue weighted by Crippen LogP contribution is -2.40. The van der Waals surface area contributed by atoms with Gasteiger partial charge in [0, 0.05) is 17.4 Å². The molecule has 3 rings (SSSR count). The van der Waals surface area contributed by atoms with Crippen LogP contribution in [0.25, 0.3) is 0 Å². The molecule has 0 spiro atoms. The summed E-state index contributed by atoms with van der Waals surface area (Å²) in [6.07, 6.45) is 2.76. The molecule has 6 nitrogen and oxygen atoms in total. The Balaban J connectivity index is 1.54. The second-order valence-corrected chi connectivity index (χ2v) is 7.06. The Bertz CT molecular complexity index is 725. The van der Waals surface area contributed by atoms with Gasteiger partial charge in [-0.15, -0.1) is 11.3 Å². The summed E-state index contributed by atoms with van der Waals surface area (Å²) in [7, 11) is 0. The lowest BCUT2D eigenvalue weighted by Gasteiger charge is -2.26. The van der Waals surface area contributed by atoms with Gasteiger partial charge in [-0.05, 0) is 55.3 Å². The van der Waals surface area contributed by atoms with Crippen LogP contribution in [0.2, 0.25) is 0 Å². The zero-order valence-electron chi connectivity index (χ0n) is 13.7. The molecule has 2 aromatic rings. The third-order valence-electron chi connectivity index (χ3n) is 4.16. The van der Waals surface area contributed by atoms with Gasteiger partial charge in [-0.1, -0.05) is 12.1 Å². The van der Waals surface area contributed by atoms with Gasteiger partial charge >= 0.3 is 6.03 Å². The second kappa shape index (κ2) is 8.13. The number of hydrogen-bond acceptors (Lipinski definition) is 4. The maximum Gasteiger partial charge on any atom is 0.319 e. The van der Waals surface area contributed by atoms with Crippen molar-refractivity contribution in [1.82, 2.24) is 5.32 Å². The zero-order chi connectivity index (χ0) is 17.6. The van der Waals surface area contributed by atoms with E-state index in [0.717, 1.165) is 25.7 Å². The Morgan fingerprint density at radius 3 is 2.40 bits per heavy atom. The maximum atomic E-state index is 12.1. The molecule has 3 amide bonds. The van der Waals surface area contributed by atoms with Gasteiger partial charge in [0.1, 0.15) is 0 Å². The third kappa shape index (κ3) is 5.04. The standard InChI is InChI=1S/C18H21N3O3S/c22-15-8-6-12(7-9-15)20-18(24)21-14-4-1-3-13(11-14)19-17(23)16-5-2-10-25-16/h1-5,10-12,15,22H,6-9H2,(H,19,23)(H2,20,21,24). The Kier molecular flexibility index (Phi) is 5.67. The number of benzene rings is 1. The molecule has 132 valence electrons. The van der Waals surface area contributed by atoms with Gasteiger partial charge in [0.2, 0.25) is 0 Å². The fourth-order valence-corrected chi connectivity index (χ4v) is 3.47. The van der Waals surface area contributed by atoms with Crippen LogP contribution in [-0.2, 0) is 0 Å². The predicted molar refractivity (Wildman–Crippen MR) is 99.1 cm³/mol. The summed E-state index contributed by atoms with van der Waals surface area (Å²) in [5.41, 5.74) is 1.23. The van der Waals surface area contributed by atoms with E-state index < -0.39 is 0 Å². The molecule has 1 aromatic carbocycles. The minimum atomic E-state index is -0.275. The monoisotopic (exact) mass is 359 g/mol. The van der Waals surface area contributed by atoms with Crippen molar-refractivity contribution < 1.29 is 14.7 Å². The van der Waals surface area contributed by atoms with Gasteiger partial charge in [-0.2, -0.15) is 0 Å². The van der Waals surface area contributed by atoms with E-state index in [1.807, 2.05) is 11.4 Å². The van der Waals surface area contributed by atoms with Crippen LogP contribution in [0, 0.1) is 0 Å². The zero-order valence-corrected chi connectivity index (χ0v) is 14.5. The highest BCUT2D eigenvalue weighted by Crippen LogP contribution is 2.20. The average Bonchev–Trinajstić information content (AvgIpc) is 3.12. The number of hydrogen-bond donors (Lipinski definition) is 4. The molecule has 25 heavy (non-hydrogen) atoms. The van der Waals surface area contributed by atoms with Crippen molar-refractivity contribution in [2.45, 2.75) is 37.8 Å².